The van der Waals surface area contributed by atoms with Crippen LogP contribution in [0.4, 0.5) is 0 Å². The van der Waals surface area contributed by atoms with Crippen LogP contribution in [0.2, 0.25) is 0 Å². The first kappa shape index (κ1) is 50.6. The van der Waals surface area contributed by atoms with Crippen LogP contribution in [0, 0.1) is 0 Å². The second-order valence-electron chi connectivity index (χ2n) is 3.95. The molecule has 0 amide bonds. The zero-order valence-electron chi connectivity index (χ0n) is 14.8. The number of carboxylic acid groups (broad SMARTS) is 4. The number of aliphatic carboxylic acids is 4. The number of carbonyl (C=O) groups excluding carboxylic acids is 2. The van der Waals surface area contributed by atoms with E-state index < -0.39 is 50.1 Å². The van der Waals surface area contributed by atoms with Gasteiger partial charge in [0.2, 0.25) is 0 Å². The molecule has 14 nitrogen and oxygen atoms in total. The summed E-state index contributed by atoms with van der Waals surface area (Å²) in [7, 11) is 0. The maximum atomic E-state index is 10.5. The molecule has 1 radical (unpaired) electrons. The fourth-order valence-electron chi connectivity index (χ4n) is 1.46. The minimum absolute atomic E-state index is 0. The first-order valence-electron chi connectivity index (χ1n) is 5.48. The standard InChI is InChI=1S/C10H16N2O8.Co.2Na.4H2O/c13-7(14)3-11(4-8(15)16)1-2-12(5-9(17)18)6-10(19)20;;;;;;;/h1-6H2,(H,13,14)(H,15,16)(H,17,18)(H,19,20);;;;4*1H2/q;;2*+1;;;;/p-2. The molecule has 0 aromatic rings. The van der Waals surface area contributed by atoms with Crippen molar-refractivity contribution in [2.24, 2.45) is 0 Å². The van der Waals surface area contributed by atoms with Gasteiger partial charge in [0.25, 0.3) is 0 Å². The van der Waals surface area contributed by atoms with Crippen LogP contribution in [0.1, 0.15) is 0 Å². The number of nitrogens with zero attached hydrogens (tertiary/aromatic N) is 2. The molecular formula is C10H22CoN2Na2O12. The predicted octanol–water partition coefficient (Wildman–Crippen LogP) is -14.0. The van der Waals surface area contributed by atoms with Crippen molar-refractivity contribution in [1.29, 1.82) is 0 Å². The largest absolute Gasteiger partial charge is 1.00 e. The Bertz CT molecular complexity index is 336. The molecule has 0 saturated carbocycles. The second kappa shape index (κ2) is 28.4. The quantitative estimate of drug-likeness (QED) is 0.270. The summed E-state index contributed by atoms with van der Waals surface area (Å²) in [5.74, 6) is -5.52. The molecule has 0 fully saturated rings. The maximum absolute atomic E-state index is 10.5. The minimum Gasteiger partial charge on any atom is -0.549 e. The van der Waals surface area contributed by atoms with Gasteiger partial charge >= 0.3 is 71.1 Å². The Balaban J connectivity index is -0.0000000860. The summed E-state index contributed by atoms with van der Waals surface area (Å²) in [4.78, 5) is 43.9. The summed E-state index contributed by atoms with van der Waals surface area (Å²) in [6, 6.07) is 0. The zero-order chi connectivity index (χ0) is 15.7. The van der Waals surface area contributed by atoms with Crippen LogP contribution in [0.25, 0.3) is 0 Å². The van der Waals surface area contributed by atoms with E-state index in [1.54, 1.807) is 0 Å². The maximum Gasteiger partial charge on any atom is 1.00 e. The Morgan fingerprint density at radius 2 is 0.852 bits per heavy atom. The number of carbonyl (C=O) groups is 4. The summed E-state index contributed by atoms with van der Waals surface area (Å²) in [5, 5.41) is 38.0. The van der Waals surface area contributed by atoms with E-state index in [9.17, 15) is 29.4 Å². The van der Waals surface area contributed by atoms with Crippen molar-refractivity contribution in [3.8, 4) is 0 Å². The van der Waals surface area contributed by atoms with Gasteiger partial charge in [0.05, 0.1) is 25.0 Å². The molecule has 0 aliphatic heterocycles. The van der Waals surface area contributed by atoms with Crippen LogP contribution in [0.15, 0.2) is 0 Å². The molecule has 0 aromatic carbocycles. The molecule has 27 heavy (non-hydrogen) atoms. The van der Waals surface area contributed by atoms with Gasteiger partial charge in [-0.1, -0.05) is 0 Å². The molecular weight excluding hydrogens is 445 g/mol. The van der Waals surface area contributed by atoms with Crippen molar-refractivity contribution >= 4 is 23.9 Å². The molecule has 0 unspecified atom stereocenters. The molecule has 0 aliphatic carbocycles. The van der Waals surface area contributed by atoms with Gasteiger partial charge in [-0.2, -0.15) is 0 Å². The van der Waals surface area contributed by atoms with Gasteiger partial charge in [-0.05, 0) is 0 Å². The third kappa shape index (κ3) is 34.1. The second-order valence-corrected chi connectivity index (χ2v) is 3.95. The van der Waals surface area contributed by atoms with Crippen molar-refractivity contribution in [3.05, 3.63) is 0 Å². The first-order chi connectivity index (χ1) is 9.20. The summed E-state index contributed by atoms with van der Waals surface area (Å²) < 4.78 is 0. The molecule has 0 heterocycles. The summed E-state index contributed by atoms with van der Waals surface area (Å²) in [6.07, 6.45) is 0. The average Bonchev–Trinajstić information content (AvgIpc) is 2.22. The van der Waals surface area contributed by atoms with Gasteiger partial charge in [0.15, 0.2) is 0 Å². The van der Waals surface area contributed by atoms with E-state index in [2.05, 4.69) is 0 Å². The number of hydrogen-bond acceptors (Lipinski definition) is 8. The summed E-state index contributed by atoms with van der Waals surface area (Å²) in [6.45, 7) is -2.75. The number of carboxylic acids is 4. The monoisotopic (exact) mass is 467 g/mol. The third-order valence-electron chi connectivity index (χ3n) is 2.16. The third-order valence-corrected chi connectivity index (χ3v) is 2.16. The Morgan fingerprint density at radius 3 is 1.00 bits per heavy atom. The molecule has 0 bridgehead atoms. The topological polar surface area (TPSA) is 287 Å². The van der Waals surface area contributed by atoms with Crippen LogP contribution in [0.5, 0.6) is 0 Å². The van der Waals surface area contributed by atoms with Crippen molar-refractivity contribution in [2.45, 2.75) is 0 Å². The predicted molar refractivity (Wildman–Crippen MR) is 72.6 cm³/mol. The summed E-state index contributed by atoms with van der Waals surface area (Å²) in [5.41, 5.74) is 0. The van der Waals surface area contributed by atoms with E-state index in [1.807, 2.05) is 0 Å². The van der Waals surface area contributed by atoms with Gasteiger partial charge in [0, 0.05) is 43.0 Å². The average molecular weight is 467 g/mol. The Hall–Kier alpha value is 0.146. The first-order valence-corrected chi connectivity index (χ1v) is 5.48. The molecule has 0 spiro atoms. The minimum atomic E-state index is -1.49. The fourth-order valence-corrected chi connectivity index (χ4v) is 1.46. The van der Waals surface area contributed by atoms with Gasteiger partial charge in [-0.15, -0.1) is 0 Å². The van der Waals surface area contributed by atoms with Gasteiger partial charge in [-0.25, -0.2) is 0 Å². The molecule has 0 aliphatic rings. The van der Waals surface area contributed by atoms with Gasteiger partial charge < -0.3 is 51.9 Å². The smallest absolute Gasteiger partial charge is 0.549 e. The van der Waals surface area contributed by atoms with Crippen LogP contribution in [-0.2, 0) is 36.0 Å². The van der Waals surface area contributed by atoms with Crippen molar-refractivity contribution in [2.75, 3.05) is 39.3 Å². The molecule has 0 atom stereocenters. The number of rotatable bonds is 11. The van der Waals surface area contributed by atoms with E-state index in [-0.39, 0.29) is 111 Å². The summed E-state index contributed by atoms with van der Waals surface area (Å²) >= 11 is 0. The van der Waals surface area contributed by atoms with E-state index in [0.717, 1.165) is 9.80 Å². The van der Waals surface area contributed by atoms with E-state index in [1.165, 1.54) is 0 Å². The fraction of sp³-hybridized carbons (Fsp3) is 0.600. The van der Waals surface area contributed by atoms with E-state index >= 15 is 0 Å². The van der Waals surface area contributed by atoms with Crippen LogP contribution >= 0.6 is 0 Å². The molecule has 10 N–H and O–H groups in total. The van der Waals surface area contributed by atoms with Crippen molar-refractivity contribution in [1.82, 2.24) is 9.80 Å². The van der Waals surface area contributed by atoms with Crippen molar-refractivity contribution < 1.29 is 137 Å². The van der Waals surface area contributed by atoms with Crippen LogP contribution in [-0.4, -0.2) is 105 Å². The Labute approximate surface area is 208 Å². The Kier molecular flexibility index (Phi) is 53.2. The van der Waals surface area contributed by atoms with E-state index in [4.69, 9.17) is 10.2 Å². The van der Waals surface area contributed by atoms with Crippen LogP contribution in [0.3, 0.4) is 0 Å². The van der Waals surface area contributed by atoms with E-state index in [0.29, 0.717) is 0 Å². The molecule has 0 rings (SSSR count). The van der Waals surface area contributed by atoms with Crippen molar-refractivity contribution in [3.63, 3.8) is 0 Å². The molecule has 0 saturated heterocycles. The SMILES string of the molecule is O.O.O.O.O=C([O-])CN(CCN(CC(=O)[O-])CC(=O)O)CC(=O)O.[Co].[Na+].[Na+]. The molecule has 0 aromatic heterocycles. The number of hydrogen-bond donors (Lipinski definition) is 2. The molecule has 155 valence electrons. The Morgan fingerprint density at radius 1 is 0.630 bits per heavy atom. The normalized spacial score (nSPS) is 7.93. The van der Waals surface area contributed by atoms with Crippen LogP contribution < -0.4 is 69.3 Å². The van der Waals surface area contributed by atoms with Gasteiger partial charge in [0.1, 0.15) is 0 Å². The van der Waals surface area contributed by atoms with Gasteiger partial charge in [-0.3, -0.25) is 19.4 Å². The molecule has 17 heteroatoms. The zero-order valence-corrected chi connectivity index (χ0v) is 19.9.